The Hall–Kier alpha value is -3.19. The average molecular weight is 390 g/mol. The summed E-state index contributed by atoms with van der Waals surface area (Å²) in [4.78, 5) is 17.3. The summed E-state index contributed by atoms with van der Waals surface area (Å²) in [6, 6.07) is 14.0. The molecule has 1 N–H and O–H groups in total. The van der Waals surface area contributed by atoms with Crippen LogP contribution in [0.5, 0.6) is 5.88 Å². The number of nitrogens with zero attached hydrogens (tertiary/aromatic N) is 3. The molecule has 0 aliphatic carbocycles. The maximum atomic E-state index is 12.6. The molecule has 1 aliphatic heterocycles. The molecule has 1 aliphatic rings. The number of hydrogen-bond acceptors (Lipinski definition) is 5. The maximum Gasteiger partial charge on any atom is 0.262 e. The molecule has 5 rings (SSSR count). The predicted molar refractivity (Wildman–Crippen MR) is 110 cm³/mol. The summed E-state index contributed by atoms with van der Waals surface area (Å²) >= 11 is 1.67. The summed E-state index contributed by atoms with van der Waals surface area (Å²) in [6.07, 6.45) is 2.47. The molecule has 2 aromatic heterocycles. The van der Waals surface area contributed by atoms with Gasteiger partial charge in [0.1, 0.15) is 10.6 Å². The lowest BCUT2D eigenvalue weighted by molar-refractivity contribution is 0.102. The van der Waals surface area contributed by atoms with Crippen LogP contribution < -0.4 is 10.1 Å². The Morgan fingerprint density at radius 3 is 2.93 bits per heavy atom. The summed E-state index contributed by atoms with van der Waals surface area (Å²) in [5.41, 5.74) is 4.45. The van der Waals surface area contributed by atoms with Crippen molar-refractivity contribution >= 4 is 33.1 Å². The van der Waals surface area contributed by atoms with Crippen molar-refractivity contribution < 1.29 is 9.53 Å². The van der Waals surface area contributed by atoms with Gasteiger partial charge in [0.25, 0.3) is 5.91 Å². The quantitative estimate of drug-likeness (QED) is 0.559. The van der Waals surface area contributed by atoms with Crippen LogP contribution in [0.1, 0.15) is 22.3 Å². The van der Waals surface area contributed by atoms with E-state index in [9.17, 15) is 4.79 Å². The van der Waals surface area contributed by atoms with E-state index in [1.54, 1.807) is 22.2 Å². The third-order valence-electron chi connectivity index (χ3n) is 4.72. The van der Waals surface area contributed by atoms with E-state index in [1.807, 2.05) is 30.3 Å². The minimum absolute atomic E-state index is 0.216. The molecule has 6 nitrogen and oxygen atoms in total. The van der Waals surface area contributed by atoms with Crippen molar-refractivity contribution in [2.45, 2.75) is 19.9 Å². The molecule has 3 heterocycles. The Bertz CT molecular complexity index is 1180. The fraction of sp³-hybridized carbons (Fsp3) is 0.190. The number of nitrogens with one attached hydrogen (secondary N) is 1. The molecule has 0 fully saturated rings. The first-order valence-corrected chi connectivity index (χ1v) is 9.96. The van der Waals surface area contributed by atoms with Gasteiger partial charge in [0, 0.05) is 24.2 Å². The van der Waals surface area contributed by atoms with Crippen molar-refractivity contribution in [3.05, 3.63) is 59.8 Å². The SMILES string of the molecule is Cc1ccc2nc(-c3ccc(NC(=O)c4cnn5c4OCCC5)cc3)sc2c1. The van der Waals surface area contributed by atoms with Gasteiger partial charge in [-0.1, -0.05) is 6.07 Å². The van der Waals surface area contributed by atoms with E-state index in [1.165, 1.54) is 10.3 Å². The maximum absolute atomic E-state index is 12.6. The smallest absolute Gasteiger partial charge is 0.262 e. The second kappa shape index (κ2) is 6.76. The molecule has 0 unspecified atom stereocenters. The van der Waals surface area contributed by atoms with Crippen LogP contribution >= 0.6 is 11.3 Å². The molecule has 0 radical (unpaired) electrons. The van der Waals surface area contributed by atoms with Gasteiger partial charge >= 0.3 is 0 Å². The predicted octanol–water partition coefficient (Wildman–Crippen LogP) is 4.50. The molecular weight excluding hydrogens is 372 g/mol. The molecular formula is C21H18N4O2S. The van der Waals surface area contributed by atoms with Crippen molar-refractivity contribution in [2.75, 3.05) is 11.9 Å². The van der Waals surface area contributed by atoms with Crippen LogP contribution in [0.25, 0.3) is 20.8 Å². The number of amides is 1. The fourth-order valence-corrected chi connectivity index (χ4v) is 4.34. The van der Waals surface area contributed by atoms with Gasteiger partial charge in [0.2, 0.25) is 5.88 Å². The largest absolute Gasteiger partial charge is 0.477 e. The summed E-state index contributed by atoms with van der Waals surface area (Å²) in [5.74, 6) is 0.330. The van der Waals surface area contributed by atoms with Crippen LogP contribution in [0.15, 0.2) is 48.7 Å². The van der Waals surface area contributed by atoms with Crippen LogP contribution in [-0.2, 0) is 6.54 Å². The first kappa shape index (κ1) is 16.9. The Morgan fingerprint density at radius 2 is 2.07 bits per heavy atom. The van der Waals surface area contributed by atoms with E-state index in [-0.39, 0.29) is 5.91 Å². The van der Waals surface area contributed by atoms with Crippen LogP contribution in [0.4, 0.5) is 5.69 Å². The first-order chi connectivity index (χ1) is 13.7. The third kappa shape index (κ3) is 3.03. The molecule has 7 heteroatoms. The molecule has 1 amide bonds. The van der Waals surface area contributed by atoms with Crippen LogP contribution in [0, 0.1) is 6.92 Å². The summed E-state index contributed by atoms with van der Waals surface area (Å²) < 4.78 is 8.51. The van der Waals surface area contributed by atoms with Gasteiger partial charge in [0.05, 0.1) is 23.0 Å². The second-order valence-electron chi connectivity index (χ2n) is 6.81. The highest BCUT2D eigenvalue weighted by Gasteiger charge is 2.21. The van der Waals surface area contributed by atoms with Crippen molar-refractivity contribution in [3.63, 3.8) is 0 Å². The zero-order valence-corrected chi connectivity index (χ0v) is 16.1. The fourth-order valence-electron chi connectivity index (χ4n) is 3.27. The van der Waals surface area contributed by atoms with Crippen LogP contribution in [-0.4, -0.2) is 27.3 Å². The number of thiazole rings is 1. The van der Waals surface area contributed by atoms with E-state index >= 15 is 0 Å². The highest BCUT2D eigenvalue weighted by Crippen LogP contribution is 2.31. The van der Waals surface area contributed by atoms with Crippen LogP contribution in [0.2, 0.25) is 0 Å². The standard InChI is InChI=1S/C21H18N4O2S/c1-13-3-8-17-18(11-13)28-20(24-17)14-4-6-15(7-5-14)23-19(26)16-12-22-25-9-2-10-27-21(16)25/h3-8,11-12H,2,9-10H2,1H3,(H,23,26). The number of aromatic nitrogens is 3. The molecule has 2 aromatic carbocycles. The zero-order valence-electron chi connectivity index (χ0n) is 15.3. The highest BCUT2D eigenvalue weighted by molar-refractivity contribution is 7.21. The molecule has 140 valence electrons. The van der Waals surface area contributed by atoms with E-state index in [4.69, 9.17) is 9.72 Å². The number of fused-ring (bicyclic) bond motifs is 2. The first-order valence-electron chi connectivity index (χ1n) is 9.15. The minimum Gasteiger partial charge on any atom is -0.477 e. The Labute approximate surface area is 165 Å². The Morgan fingerprint density at radius 1 is 1.21 bits per heavy atom. The van der Waals surface area contributed by atoms with Gasteiger partial charge in [-0.25, -0.2) is 9.67 Å². The van der Waals surface area contributed by atoms with E-state index in [0.29, 0.717) is 18.1 Å². The van der Waals surface area contributed by atoms with Gasteiger partial charge in [-0.2, -0.15) is 5.10 Å². The number of ether oxygens (including phenoxy) is 1. The topological polar surface area (TPSA) is 69.0 Å². The van der Waals surface area contributed by atoms with Crippen LogP contribution in [0.3, 0.4) is 0 Å². The molecule has 0 saturated carbocycles. The lowest BCUT2D eigenvalue weighted by Gasteiger charge is -2.15. The highest BCUT2D eigenvalue weighted by atomic mass is 32.1. The minimum atomic E-state index is -0.216. The number of carbonyl (C=O) groups excluding carboxylic acids is 1. The summed E-state index contributed by atoms with van der Waals surface area (Å²) in [7, 11) is 0. The van der Waals surface area contributed by atoms with Gasteiger partial charge in [-0.05, 0) is 48.9 Å². The van der Waals surface area contributed by atoms with E-state index in [0.717, 1.165) is 34.7 Å². The molecule has 28 heavy (non-hydrogen) atoms. The molecule has 0 bridgehead atoms. The van der Waals surface area contributed by atoms with E-state index in [2.05, 4.69) is 29.5 Å². The van der Waals surface area contributed by atoms with Crippen molar-refractivity contribution in [2.24, 2.45) is 0 Å². The second-order valence-corrected chi connectivity index (χ2v) is 7.84. The number of benzene rings is 2. The van der Waals surface area contributed by atoms with Gasteiger partial charge in [-0.15, -0.1) is 11.3 Å². The Balaban J connectivity index is 1.36. The van der Waals surface area contributed by atoms with Crippen molar-refractivity contribution in [1.82, 2.24) is 14.8 Å². The summed E-state index contributed by atoms with van der Waals surface area (Å²) in [5, 5.41) is 8.11. The van der Waals surface area contributed by atoms with Crippen molar-refractivity contribution in [1.29, 1.82) is 0 Å². The summed E-state index contributed by atoms with van der Waals surface area (Å²) in [6.45, 7) is 3.47. The zero-order chi connectivity index (χ0) is 19.1. The van der Waals surface area contributed by atoms with Gasteiger partial charge in [-0.3, -0.25) is 4.79 Å². The number of hydrogen-bond donors (Lipinski definition) is 1. The third-order valence-corrected chi connectivity index (χ3v) is 5.79. The lowest BCUT2D eigenvalue weighted by Crippen LogP contribution is -2.18. The number of rotatable bonds is 3. The number of anilines is 1. The molecule has 0 saturated heterocycles. The number of carbonyl (C=O) groups is 1. The number of aryl methyl sites for hydroxylation is 2. The molecule has 0 atom stereocenters. The average Bonchev–Trinajstić information content (AvgIpc) is 3.32. The lowest BCUT2D eigenvalue weighted by atomic mass is 10.2. The van der Waals surface area contributed by atoms with Gasteiger partial charge in [0.15, 0.2) is 0 Å². The molecule has 4 aromatic rings. The normalized spacial score (nSPS) is 13.2. The molecule has 0 spiro atoms. The Kier molecular flexibility index (Phi) is 4.09. The van der Waals surface area contributed by atoms with E-state index < -0.39 is 0 Å². The van der Waals surface area contributed by atoms with Crippen molar-refractivity contribution in [3.8, 4) is 16.5 Å². The van der Waals surface area contributed by atoms with Gasteiger partial charge < -0.3 is 10.1 Å². The monoisotopic (exact) mass is 390 g/mol.